The van der Waals surface area contributed by atoms with Crippen molar-refractivity contribution < 1.29 is 4.74 Å². The summed E-state index contributed by atoms with van der Waals surface area (Å²) in [6, 6.07) is 0.461. The average Bonchev–Trinajstić information content (AvgIpc) is 2.33. The number of ether oxygens (including phenoxy) is 1. The van der Waals surface area contributed by atoms with Crippen LogP contribution in [0, 0.1) is 28.6 Å². The molecule has 4 aliphatic carbocycles. The Kier molecular flexibility index (Phi) is 3.89. The summed E-state index contributed by atoms with van der Waals surface area (Å²) in [5.41, 5.74) is 4.29. The van der Waals surface area contributed by atoms with Gasteiger partial charge in [-0.1, -0.05) is 13.8 Å². The zero-order chi connectivity index (χ0) is 14.4. The van der Waals surface area contributed by atoms with Crippen molar-refractivity contribution in [2.75, 3.05) is 13.7 Å². The van der Waals surface area contributed by atoms with Crippen LogP contribution in [-0.4, -0.2) is 19.8 Å². The van der Waals surface area contributed by atoms with Crippen molar-refractivity contribution in [2.24, 2.45) is 34.4 Å². The van der Waals surface area contributed by atoms with Crippen LogP contribution in [-0.2, 0) is 4.74 Å². The van der Waals surface area contributed by atoms with Crippen LogP contribution in [0.1, 0.15) is 58.8 Å². The summed E-state index contributed by atoms with van der Waals surface area (Å²) in [6.07, 6.45) is 9.74. The molecule has 20 heavy (non-hydrogen) atoms. The van der Waals surface area contributed by atoms with Crippen LogP contribution in [0.15, 0.2) is 0 Å². The molecule has 4 rings (SSSR count). The molecule has 3 N–H and O–H groups in total. The Hall–Kier alpha value is -0.120. The van der Waals surface area contributed by atoms with Gasteiger partial charge < -0.3 is 4.74 Å². The Morgan fingerprint density at radius 3 is 2.40 bits per heavy atom. The SMILES string of the molecule is COCCC(C)C(NN)C12CC3CC(CC(C)(C3)C1)C2. The molecule has 3 nitrogen and oxygen atoms in total. The van der Waals surface area contributed by atoms with E-state index in [2.05, 4.69) is 19.3 Å². The Morgan fingerprint density at radius 1 is 1.25 bits per heavy atom. The Bertz CT molecular complexity index is 343. The van der Waals surface area contributed by atoms with Gasteiger partial charge >= 0.3 is 0 Å². The summed E-state index contributed by atoms with van der Waals surface area (Å²) in [6.45, 7) is 5.73. The van der Waals surface area contributed by atoms with Crippen molar-refractivity contribution in [3.8, 4) is 0 Å². The van der Waals surface area contributed by atoms with Crippen molar-refractivity contribution in [3.63, 3.8) is 0 Å². The lowest BCUT2D eigenvalue weighted by Crippen LogP contribution is -2.61. The Morgan fingerprint density at radius 2 is 1.90 bits per heavy atom. The minimum atomic E-state index is 0.459. The number of rotatable bonds is 6. The predicted octanol–water partition coefficient (Wildman–Crippen LogP) is 3.10. The van der Waals surface area contributed by atoms with Gasteiger partial charge in [0.25, 0.3) is 0 Å². The maximum absolute atomic E-state index is 6.02. The third kappa shape index (κ3) is 2.42. The lowest BCUT2D eigenvalue weighted by atomic mass is 9.42. The number of hydrogen-bond donors (Lipinski definition) is 2. The summed E-state index contributed by atoms with van der Waals surface area (Å²) in [5.74, 6) is 8.55. The summed E-state index contributed by atoms with van der Waals surface area (Å²) >= 11 is 0. The number of hydrazine groups is 1. The fourth-order valence-electron chi connectivity index (χ4n) is 6.58. The second-order valence-corrected chi connectivity index (χ2v) is 8.54. The molecule has 116 valence electrons. The molecule has 0 radical (unpaired) electrons. The monoisotopic (exact) mass is 280 g/mol. The standard InChI is InChI=1S/C17H32N2O/c1-12(4-5-20-3)15(19-18)17-9-13-6-14(10-17)8-16(2,7-13)11-17/h12-15,19H,4-11,18H2,1-3H3. The molecule has 0 aliphatic heterocycles. The molecule has 0 aromatic heterocycles. The second-order valence-electron chi connectivity index (χ2n) is 8.54. The normalized spacial score (nSPS) is 45.6. The fourth-order valence-corrected chi connectivity index (χ4v) is 6.58. The van der Waals surface area contributed by atoms with E-state index in [-0.39, 0.29) is 0 Å². The predicted molar refractivity (Wildman–Crippen MR) is 82.0 cm³/mol. The maximum Gasteiger partial charge on any atom is 0.0465 e. The van der Waals surface area contributed by atoms with Crippen LogP contribution in [0.3, 0.4) is 0 Å². The fraction of sp³-hybridized carbons (Fsp3) is 1.00. The van der Waals surface area contributed by atoms with Crippen molar-refractivity contribution in [3.05, 3.63) is 0 Å². The molecule has 0 aromatic carbocycles. The van der Waals surface area contributed by atoms with Gasteiger partial charge in [-0.15, -0.1) is 0 Å². The minimum absolute atomic E-state index is 0.459. The molecule has 4 aliphatic rings. The van der Waals surface area contributed by atoms with E-state index in [1.54, 1.807) is 7.11 Å². The summed E-state index contributed by atoms with van der Waals surface area (Å²) in [7, 11) is 1.80. The first-order chi connectivity index (χ1) is 9.50. The third-order valence-corrected chi connectivity index (χ3v) is 6.58. The van der Waals surface area contributed by atoms with Crippen molar-refractivity contribution >= 4 is 0 Å². The van der Waals surface area contributed by atoms with E-state index in [4.69, 9.17) is 10.6 Å². The molecule has 4 fully saturated rings. The lowest BCUT2D eigenvalue weighted by Gasteiger charge is -2.64. The summed E-state index contributed by atoms with van der Waals surface area (Å²) in [4.78, 5) is 0. The Labute approximate surface area is 124 Å². The quantitative estimate of drug-likeness (QED) is 0.580. The Balaban J connectivity index is 1.80. The van der Waals surface area contributed by atoms with Crippen molar-refractivity contribution in [1.29, 1.82) is 0 Å². The van der Waals surface area contributed by atoms with E-state index in [0.29, 0.717) is 22.8 Å². The zero-order valence-electron chi connectivity index (χ0n) is 13.5. The van der Waals surface area contributed by atoms with E-state index < -0.39 is 0 Å². The first-order valence-electron chi connectivity index (χ1n) is 8.45. The highest BCUT2D eigenvalue weighted by Crippen LogP contribution is 2.66. The van der Waals surface area contributed by atoms with E-state index in [1.165, 1.54) is 38.5 Å². The molecule has 0 saturated heterocycles. The maximum atomic E-state index is 6.02. The van der Waals surface area contributed by atoms with Gasteiger partial charge in [0, 0.05) is 19.8 Å². The van der Waals surface area contributed by atoms with Gasteiger partial charge in [0.15, 0.2) is 0 Å². The van der Waals surface area contributed by atoms with Crippen LogP contribution in [0.5, 0.6) is 0 Å². The first-order valence-corrected chi connectivity index (χ1v) is 8.45. The van der Waals surface area contributed by atoms with E-state index in [1.807, 2.05) is 0 Å². The number of nitrogens with one attached hydrogen (secondary N) is 1. The van der Waals surface area contributed by atoms with Gasteiger partial charge in [0.05, 0.1) is 0 Å². The van der Waals surface area contributed by atoms with Crippen LogP contribution >= 0.6 is 0 Å². The van der Waals surface area contributed by atoms with Crippen LogP contribution in [0.25, 0.3) is 0 Å². The number of nitrogens with two attached hydrogens (primary N) is 1. The smallest absolute Gasteiger partial charge is 0.0465 e. The molecule has 0 spiro atoms. The molecule has 4 atom stereocenters. The zero-order valence-corrected chi connectivity index (χ0v) is 13.5. The van der Waals surface area contributed by atoms with Gasteiger partial charge in [-0.25, -0.2) is 0 Å². The van der Waals surface area contributed by atoms with Crippen LogP contribution in [0.4, 0.5) is 0 Å². The van der Waals surface area contributed by atoms with Gasteiger partial charge in [0.2, 0.25) is 0 Å². The van der Waals surface area contributed by atoms with Gasteiger partial charge in [-0.2, -0.15) is 0 Å². The summed E-state index contributed by atoms with van der Waals surface area (Å²) in [5, 5.41) is 0. The lowest BCUT2D eigenvalue weighted by molar-refractivity contribution is -0.126. The molecule has 0 heterocycles. The molecule has 0 amide bonds. The highest BCUT2D eigenvalue weighted by molar-refractivity contribution is 5.10. The molecule has 0 aromatic rings. The summed E-state index contributed by atoms with van der Waals surface area (Å²) < 4.78 is 5.28. The third-order valence-electron chi connectivity index (χ3n) is 6.58. The molecule has 4 saturated carbocycles. The molecular formula is C17H32N2O. The van der Waals surface area contributed by atoms with Gasteiger partial charge in [-0.3, -0.25) is 11.3 Å². The van der Waals surface area contributed by atoms with Crippen molar-refractivity contribution in [1.82, 2.24) is 5.43 Å². The van der Waals surface area contributed by atoms with Gasteiger partial charge in [0.1, 0.15) is 0 Å². The molecule has 4 bridgehead atoms. The highest BCUT2D eigenvalue weighted by atomic mass is 16.5. The first kappa shape index (κ1) is 14.8. The van der Waals surface area contributed by atoms with Crippen molar-refractivity contribution in [2.45, 2.75) is 64.8 Å². The highest BCUT2D eigenvalue weighted by Gasteiger charge is 2.58. The van der Waals surface area contributed by atoms with E-state index >= 15 is 0 Å². The van der Waals surface area contributed by atoms with Crippen LogP contribution in [0.2, 0.25) is 0 Å². The van der Waals surface area contributed by atoms with E-state index in [0.717, 1.165) is 24.9 Å². The topological polar surface area (TPSA) is 47.3 Å². The molecule has 3 heteroatoms. The molecular weight excluding hydrogens is 248 g/mol. The second kappa shape index (κ2) is 5.26. The number of hydrogen-bond acceptors (Lipinski definition) is 3. The van der Waals surface area contributed by atoms with Crippen LogP contribution < -0.4 is 11.3 Å². The largest absolute Gasteiger partial charge is 0.385 e. The number of methoxy groups -OCH3 is 1. The van der Waals surface area contributed by atoms with E-state index in [9.17, 15) is 0 Å². The minimum Gasteiger partial charge on any atom is -0.385 e. The molecule has 4 unspecified atom stereocenters. The average molecular weight is 280 g/mol. The van der Waals surface area contributed by atoms with Gasteiger partial charge in [-0.05, 0) is 73.5 Å².